The normalized spacial score (nSPS) is 10.9. The Labute approximate surface area is 109 Å². The van der Waals surface area contributed by atoms with Crippen LogP contribution in [0.5, 0.6) is 0 Å². The first-order valence-corrected chi connectivity index (χ1v) is 6.61. The summed E-state index contributed by atoms with van der Waals surface area (Å²) in [5.74, 6) is 1.57. The highest BCUT2D eigenvalue weighted by molar-refractivity contribution is 6.17. The van der Waals surface area contributed by atoms with E-state index in [2.05, 4.69) is 41.9 Å². The molecule has 0 radical (unpaired) electrons. The monoisotopic (exact) mass is 255 g/mol. The van der Waals surface area contributed by atoms with Gasteiger partial charge in [-0.2, -0.15) is 0 Å². The Morgan fingerprint density at radius 3 is 2.41 bits per heavy atom. The number of aromatic nitrogens is 1. The summed E-state index contributed by atoms with van der Waals surface area (Å²) in [6.07, 6.45) is 2.99. The van der Waals surface area contributed by atoms with E-state index < -0.39 is 0 Å². The van der Waals surface area contributed by atoms with Crippen molar-refractivity contribution in [3.8, 4) is 0 Å². The van der Waals surface area contributed by atoms with Crippen LogP contribution in [0, 0.1) is 0 Å². The largest absolute Gasteiger partial charge is 0.355 e. The van der Waals surface area contributed by atoms with E-state index in [1.165, 1.54) is 0 Å². The molecule has 1 aromatic rings. The fraction of sp³-hybridized carbons (Fsp3) is 0.615. The third kappa shape index (κ3) is 4.92. The maximum atomic E-state index is 5.76. The van der Waals surface area contributed by atoms with E-state index in [9.17, 15) is 0 Å². The van der Waals surface area contributed by atoms with E-state index in [-0.39, 0.29) is 0 Å². The van der Waals surface area contributed by atoms with Crippen molar-refractivity contribution in [2.24, 2.45) is 0 Å². The highest BCUT2D eigenvalue weighted by Gasteiger charge is 2.07. The average molecular weight is 256 g/mol. The van der Waals surface area contributed by atoms with Gasteiger partial charge in [0.15, 0.2) is 0 Å². The van der Waals surface area contributed by atoms with Crippen LogP contribution < -0.4 is 4.90 Å². The van der Waals surface area contributed by atoms with Gasteiger partial charge in [-0.15, -0.1) is 11.6 Å². The quantitative estimate of drug-likeness (QED) is 0.699. The van der Waals surface area contributed by atoms with E-state index in [1.54, 1.807) is 0 Å². The van der Waals surface area contributed by atoms with Crippen LogP contribution in [-0.2, 0) is 5.88 Å². The second-order valence-electron chi connectivity index (χ2n) is 4.45. The second-order valence-corrected chi connectivity index (χ2v) is 4.72. The van der Waals surface area contributed by atoms with Crippen molar-refractivity contribution >= 4 is 17.4 Å². The molecule has 4 heteroatoms. The zero-order valence-corrected chi connectivity index (χ0v) is 11.7. The minimum absolute atomic E-state index is 0.527. The molecule has 0 aromatic carbocycles. The molecule has 0 saturated heterocycles. The smallest absolute Gasteiger partial charge is 0.128 e. The summed E-state index contributed by atoms with van der Waals surface area (Å²) in [5, 5.41) is 0. The molecule has 1 heterocycles. The van der Waals surface area contributed by atoms with E-state index in [0.29, 0.717) is 5.88 Å². The molecule has 1 rings (SSSR count). The van der Waals surface area contributed by atoms with Crippen LogP contribution in [0.3, 0.4) is 0 Å². The van der Waals surface area contributed by atoms with Gasteiger partial charge in [-0.1, -0.05) is 13.0 Å². The summed E-state index contributed by atoms with van der Waals surface area (Å²) in [6.45, 7) is 5.28. The zero-order valence-electron chi connectivity index (χ0n) is 11.0. The fourth-order valence-corrected chi connectivity index (χ4v) is 1.77. The van der Waals surface area contributed by atoms with Crippen LogP contribution in [0.25, 0.3) is 0 Å². The molecule has 0 N–H and O–H groups in total. The van der Waals surface area contributed by atoms with Gasteiger partial charge in [0.2, 0.25) is 0 Å². The van der Waals surface area contributed by atoms with Crippen molar-refractivity contribution < 1.29 is 0 Å². The Morgan fingerprint density at radius 2 is 1.94 bits per heavy atom. The Morgan fingerprint density at radius 1 is 1.18 bits per heavy atom. The maximum Gasteiger partial charge on any atom is 0.128 e. The standard InChI is InChI=1S/C13H22ClN3/c1-4-7-17(9-8-16(2)3)13-6-5-12(10-14)11-15-13/h5-6,11H,4,7-10H2,1-3H3. The molecule has 0 aliphatic carbocycles. The summed E-state index contributed by atoms with van der Waals surface area (Å²) < 4.78 is 0. The SMILES string of the molecule is CCCN(CCN(C)C)c1ccc(CCl)cn1. The van der Waals surface area contributed by atoms with Gasteiger partial charge in [0.1, 0.15) is 5.82 Å². The first-order chi connectivity index (χ1) is 8.17. The molecule has 3 nitrogen and oxygen atoms in total. The highest BCUT2D eigenvalue weighted by atomic mass is 35.5. The molecule has 96 valence electrons. The number of hydrogen-bond donors (Lipinski definition) is 0. The third-order valence-corrected chi connectivity index (χ3v) is 2.91. The lowest BCUT2D eigenvalue weighted by molar-refractivity contribution is 0.412. The van der Waals surface area contributed by atoms with E-state index in [1.807, 2.05) is 12.3 Å². The van der Waals surface area contributed by atoms with Gasteiger partial charge in [0.25, 0.3) is 0 Å². The molecular formula is C13H22ClN3. The van der Waals surface area contributed by atoms with E-state index in [0.717, 1.165) is 37.4 Å². The molecule has 0 bridgehead atoms. The van der Waals surface area contributed by atoms with Gasteiger partial charge in [-0.25, -0.2) is 4.98 Å². The summed E-state index contributed by atoms with van der Waals surface area (Å²) in [4.78, 5) is 8.98. The van der Waals surface area contributed by atoms with Crippen molar-refractivity contribution in [2.45, 2.75) is 19.2 Å². The van der Waals surface area contributed by atoms with Crippen LogP contribution in [0.15, 0.2) is 18.3 Å². The first-order valence-electron chi connectivity index (χ1n) is 6.08. The van der Waals surface area contributed by atoms with Gasteiger partial charge in [-0.3, -0.25) is 0 Å². The minimum atomic E-state index is 0.527. The van der Waals surface area contributed by atoms with Crippen LogP contribution >= 0.6 is 11.6 Å². The van der Waals surface area contributed by atoms with Gasteiger partial charge < -0.3 is 9.80 Å². The second kappa shape index (κ2) is 7.51. The molecular weight excluding hydrogens is 234 g/mol. The lowest BCUT2D eigenvalue weighted by Crippen LogP contribution is -2.32. The van der Waals surface area contributed by atoms with E-state index >= 15 is 0 Å². The summed E-state index contributed by atoms with van der Waals surface area (Å²) in [7, 11) is 4.18. The predicted octanol–water partition coefficient (Wildman–Crippen LogP) is 2.60. The number of anilines is 1. The van der Waals surface area contributed by atoms with Crippen molar-refractivity contribution in [1.29, 1.82) is 0 Å². The van der Waals surface area contributed by atoms with Gasteiger partial charge in [0, 0.05) is 31.7 Å². The summed E-state index contributed by atoms with van der Waals surface area (Å²) >= 11 is 5.76. The molecule has 17 heavy (non-hydrogen) atoms. The van der Waals surface area contributed by atoms with Gasteiger partial charge in [-0.05, 0) is 32.1 Å². The molecule has 0 aliphatic heterocycles. The molecule has 0 atom stereocenters. The number of halogens is 1. The molecule has 1 aromatic heterocycles. The van der Waals surface area contributed by atoms with Crippen molar-refractivity contribution in [1.82, 2.24) is 9.88 Å². The molecule has 0 fully saturated rings. The third-order valence-electron chi connectivity index (χ3n) is 2.60. The predicted molar refractivity (Wildman–Crippen MR) is 74.9 cm³/mol. The molecule has 0 unspecified atom stereocenters. The van der Waals surface area contributed by atoms with E-state index in [4.69, 9.17) is 11.6 Å². The lowest BCUT2D eigenvalue weighted by Gasteiger charge is -2.25. The van der Waals surface area contributed by atoms with Crippen molar-refractivity contribution in [3.05, 3.63) is 23.9 Å². The summed E-state index contributed by atoms with van der Waals surface area (Å²) in [6, 6.07) is 4.11. The Hall–Kier alpha value is -0.800. The van der Waals surface area contributed by atoms with Crippen molar-refractivity contribution in [2.75, 3.05) is 38.6 Å². The first kappa shape index (κ1) is 14.3. The van der Waals surface area contributed by atoms with Gasteiger partial charge in [0.05, 0.1) is 0 Å². The number of hydrogen-bond acceptors (Lipinski definition) is 3. The minimum Gasteiger partial charge on any atom is -0.355 e. The summed E-state index contributed by atoms with van der Waals surface area (Å²) in [5.41, 5.74) is 1.07. The van der Waals surface area contributed by atoms with Gasteiger partial charge >= 0.3 is 0 Å². The highest BCUT2D eigenvalue weighted by Crippen LogP contribution is 2.12. The topological polar surface area (TPSA) is 19.4 Å². The number of nitrogens with zero attached hydrogens (tertiary/aromatic N) is 3. The molecule has 0 aliphatic rings. The number of alkyl halides is 1. The number of rotatable bonds is 7. The maximum absolute atomic E-state index is 5.76. The van der Waals surface area contributed by atoms with Crippen LogP contribution in [0.2, 0.25) is 0 Å². The molecule has 0 spiro atoms. The molecule has 0 amide bonds. The Balaban J connectivity index is 2.67. The fourth-order valence-electron chi connectivity index (χ4n) is 1.61. The Bertz CT molecular complexity index is 311. The number of likely N-dealkylation sites (N-methyl/N-ethyl adjacent to an activating group) is 1. The molecule has 0 saturated carbocycles. The van der Waals surface area contributed by atoms with Crippen molar-refractivity contribution in [3.63, 3.8) is 0 Å². The van der Waals surface area contributed by atoms with Crippen LogP contribution in [0.1, 0.15) is 18.9 Å². The van der Waals surface area contributed by atoms with Crippen LogP contribution in [-0.4, -0.2) is 43.6 Å². The lowest BCUT2D eigenvalue weighted by atomic mass is 10.3. The zero-order chi connectivity index (χ0) is 12.7. The average Bonchev–Trinajstić information content (AvgIpc) is 2.34. The van der Waals surface area contributed by atoms with Crippen LogP contribution in [0.4, 0.5) is 5.82 Å². The Kier molecular flexibility index (Phi) is 6.30. The number of pyridine rings is 1.